The molecule has 13 heteroatoms. The molecule has 0 aliphatic heterocycles. The van der Waals surface area contributed by atoms with Crippen LogP contribution in [-0.4, -0.2) is 40.6 Å². The van der Waals surface area contributed by atoms with Gasteiger partial charge in [0.1, 0.15) is 11.3 Å². The summed E-state index contributed by atoms with van der Waals surface area (Å²) in [5.41, 5.74) is -2.60. The number of halogens is 3. The topological polar surface area (TPSA) is 108 Å². The molecule has 0 saturated heterocycles. The summed E-state index contributed by atoms with van der Waals surface area (Å²) < 4.78 is 73.3. The minimum Gasteiger partial charge on any atom is -0.468 e. The maximum atomic E-state index is 12.9. The maximum absolute atomic E-state index is 12.9. The van der Waals surface area contributed by atoms with E-state index in [0.29, 0.717) is 12.4 Å². The van der Waals surface area contributed by atoms with E-state index >= 15 is 0 Å². The summed E-state index contributed by atoms with van der Waals surface area (Å²) in [5.74, 6) is 0.234. The predicted molar refractivity (Wildman–Crippen MR) is 129 cm³/mol. The summed E-state index contributed by atoms with van der Waals surface area (Å²) in [7, 11) is -4.57. The summed E-state index contributed by atoms with van der Waals surface area (Å²) in [6.07, 6.45) is 3.50. The first kappa shape index (κ1) is 24.8. The van der Waals surface area contributed by atoms with Gasteiger partial charge in [-0.05, 0) is 43.4 Å². The van der Waals surface area contributed by atoms with Crippen molar-refractivity contribution in [2.24, 2.45) is 0 Å². The van der Waals surface area contributed by atoms with Crippen molar-refractivity contribution in [3.05, 3.63) is 65.4 Å². The van der Waals surface area contributed by atoms with E-state index in [0.717, 1.165) is 48.6 Å². The Morgan fingerprint density at radius 1 is 1.00 bits per heavy atom. The molecule has 0 amide bonds. The van der Waals surface area contributed by atoms with Gasteiger partial charge in [-0.3, -0.25) is 0 Å². The fourth-order valence-electron chi connectivity index (χ4n) is 4.22. The average molecular weight is 534 g/mol. The van der Waals surface area contributed by atoms with Gasteiger partial charge < -0.3 is 14.2 Å². The summed E-state index contributed by atoms with van der Waals surface area (Å²) in [6.45, 7) is 0.527. The second-order valence-electron chi connectivity index (χ2n) is 8.38. The number of aromatic nitrogens is 4. The van der Waals surface area contributed by atoms with Crippen LogP contribution in [0.4, 0.5) is 19.0 Å². The summed E-state index contributed by atoms with van der Waals surface area (Å²) in [5, 5.41) is 3.38. The highest BCUT2D eigenvalue weighted by atomic mass is 32.2. The van der Waals surface area contributed by atoms with Crippen molar-refractivity contribution in [3.8, 4) is 17.7 Å². The molecule has 0 fully saturated rings. The molecule has 0 radical (unpaired) electrons. The largest absolute Gasteiger partial charge is 0.534 e. The second kappa shape index (κ2) is 9.54. The van der Waals surface area contributed by atoms with Gasteiger partial charge in [-0.1, -0.05) is 36.4 Å². The van der Waals surface area contributed by atoms with Gasteiger partial charge in [0.2, 0.25) is 5.95 Å². The van der Waals surface area contributed by atoms with E-state index in [1.165, 1.54) is 23.8 Å². The Kier molecular flexibility index (Phi) is 6.40. The van der Waals surface area contributed by atoms with Gasteiger partial charge in [0, 0.05) is 12.1 Å². The van der Waals surface area contributed by atoms with Gasteiger partial charge in [0.05, 0.1) is 18.3 Å². The first-order valence-electron chi connectivity index (χ1n) is 11.4. The molecule has 4 aromatic rings. The molecule has 1 aliphatic rings. The molecule has 0 unspecified atom stereocenters. The number of nitrogens with zero attached hydrogens (tertiary/aromatic N) is 4. The Morgan fingerprint density at radius 3 is 2.49 bits per heavy atom. The first-order valence-corrected chi connectivity index (χ1v) is 12.8. The Morgan fingerprint density at radius 2 is 1.76 bits per heavy atom. The molecule has 2 heterocycles. The van der Waals surface area contributed by atoms with E-state index in [1.54, 1.807) is 0 Å². The number of imidazole rings is 1. The number of nitrogens with one attached hydrogen (secondary N) is 1. The van der Waals surface area contributed by atoms with E-state index < -0.39 is 21.4 Å². The number of hydrogen-bond acceptors (Lipinski definition) is 8. The minimum atomic E-state index is -5.90. The van der Waals surface area contributed by atoms with Crippen LogP contribution >= 0.6 is 0 Å². The number of benzene rings is 2. The van der Waals surface area contributed by atoms with Crippen molar-refractivity contribution in [2.45, 2.75) is 37.7 Å². The lowest BCUT2D eigenvalue weighted by Crippen LogP contribution is -2.28. The van der Waals surface area contributed by atoms with Crippen LogP contribution in [0.3, 0.4) is 0 Å². The number of para-hydroxylation sites is 1. The van der Waals surface area contributed by atoms with E-state index in [4.69, 9.17) is 14.7 Å². The molecule has 37 heavy (non-hydrogen) atoms. The molecule has 2 aromatic heterocycles. The zero-order valence-corrected chi connectivity index (χ0v) is 20.4. The van der Waals surface area contributed by atoms with Crippen LogP contribution in [-0.2, 0) is 29.5 Å². The molecule has 9 nitrogen and oxygen atoms in total. The van der Waals surface area contributed by atoms with Gasteiger partial charge >= 0.3 is 21.6 Å². The van der Waals surface area contributed by atoms with Crippen LogP contribution in [0.25, 0.3) is 17.0 Å². The zero-order chi connectivity index (χ0) is 26.2. The summed E-state index contributed by atoms with van der Waals surface area (Å²) in [4.78, 5) is 13.6. The van der Waals surface area contributed by atoms with Crippen molar-refractivity contribution in [3.63, 3.8) is 0 Å². The molecule has 0 spiro atoms. The Labute approximate surface area is 210 Å². The van der Waals surface area contributed by atoms with Crippen LogP contribution in [0, 0.1) is 0 Å². The SMILES string of the molecule is COc1nc2c(OS(=O)(=O)C(F)(F)F)cccc2n1-c1nc2c(c(NCc3ccccc3)n1)CCCC2. The average Bonchev–Trinajstić information content (AvgIpc) is 3.27. The molecule has 1 aliphatic carbocycles. The van der Waals surface area contributed by atoms with Crippen molar-refractivity contribution in [1.82, 2.24) is 19.5 Å². The molecular formula is C24H22F3N5O4S. The van der Waals surface area contributed by atoms with Crippen molar-refractivity contribution < 1.29 is 30.5 Å². The lowest BCUT2D eigenvalue weighted by molar-refractivity contribution is -0.0499. The third-order valence-electron chi connectivity index (χ3n) is 5.96. The van der Waals surface area contributed by atoms with Gasteiger partial charge in [-0.25, -0.2) is 9.55 Å². The number of alkyl halides is 3. The second-order valence-corrected chi connectivity index (χ2v) is 9.92. The number of methoxy groups -OCH3 is 1. The van der Waals surface area contributed by atoms with Crippen LogP contribution in [0.5, 0.6) is 11.8 Å². The van der Waals surface area contributed by atoms with Crippen LogP contribution in [0.15, 0.2) is 48.5 Å². The van der Waals surface area contributed by atoms with Gasteiger partial charge in [-0.15, -0.1) is 0 Å². The van der Waals surface area contributed by atoms with Crippen molar-refractivity contribution in [1.29, 1.82) is 0 Å². The summed E-state index contributed by atoms with van der Waals surface area (Å²) in [6, 6.07) is 13.7. The number of anilines is 1. The Hall–Kier alpha value is -3.87. The third kappa shape index (κ3) is 4.78. The maximum Gasteiger partial charge on any atom is 0.534 e. The van der Waals surface area contributed by atoms with Crippen molar-refractivity contribution in [2.75, 3.05) is 12.4 Å². The molecule has 194 valence electrons. The highest BCUT2D eigenvalue weighted by Crippen LogP contribution is 2.35. The van der Waals surface area contributed by atoms with Crippen LogP contribution < -0.4 is 14.2 Å². The lowest BCUT2D eigenvalue weighted by atomic mass is 9.96. The highest BCUT2D eigenvalue weighted by molar-refractivity contribution is 7.88. The number of aryl methyl sites for hydroxylation is 1. The monoisotopic (exact) mass is 533 g/mol. The zero-order valence-electron chi connectivity index (χ0n) is 19.6. The predicted octanol–water partition coefficient (Wildman–Crippen LogP) is 4.54. The number of ether oxygens (including phenoxy) is 1. The molecule has 0 atom stereocenters. The molecule has 0 saturated carbocycles. The fourth-order valence-corrected chi connectivity index (χ4v) is 4.69. The van der Waals surface area contributed by atoms with E-state index in [1.807, 2.05) is 30.3 Å². The number of rotatable bonds is 7. The molecule has 1 N–H and O–H groups in total. The van der Waals surface area contributed by atoms with E-state index in [-0.39, 0.29) is 23.0 Å². The minimum absolute atomic E-state index is 0.0415. The van der Waals surface area contributed by atoms with Crippen molar-refractivity contribution >= 4 is 27.0 Å². The lowest BCUT2D eigenvalue weighted by Gasteiger charge is -2.20. The van der Waals surface area contributed by atoms with Crippen LogP contribution in [0.1, 0.15) is 29.7 Å². The Balaban J connectivity index is 1.61. The van der Waals surface area contributed by atoms with Crippen LogP contribution in [0.2, 0.25) is 0 Å². The normalized spacial score (nSPS) is 13.8. The number of hydrogen-bond donors (Lipinski definition) is 1. The molecule has 5 rings (SSSR count). The van der Waals surface area contributed by atoms with E-state index in [9.17, 15) is 21.6 Å². The quantitative estimate of drug-likeness (QED) is 0.273. The smallest absolute Gasteiger partial charge is 0.468 e. The molecule has 2 aromatic carbocycles. The Bertz CT molecular complexity index is 1560. The number of fused-ring (bicyclic) bond motifs is 2. The first-order chi connectivity index (χ1) is 17.7. The fraction of sp³-hybridized carbons (Fsp3) is 0.292. The molecular weight excluding hydrogens is 511 g/mol. The highest BCUT2D eigenvalue weighted by Gasteiger charge is 2.49. The summed E-state index contributed by atoms with van der Waals surface area (Å²) >= 11 is 0. The van der Waals surface area contributed by atoms with Gasteiger partial charge in [0.25, 0.3) is 0 Å². The van der Waals surface area contributed by atoms with Gasteiger partial charge in [-0.2, -0.15) is 31.6 Å². The molecule has 0 bridgehead atoms. The van der Waals surface area contributed by atoms with Gasteiger partial charge in [0.15, 0.2) is 5.75 Å². The third-order valence-corrected chi connectivity index (χ3v) is 6.92. The van der Waals surface area contributed by atoms with E-state index in [2.05, 4.69) is 14.5 Å². The standard InChI is InChI=1S/C24H22F3N5O4S/c1-35-23-30-20-18(12-7-13-19(20)36-37(33,34)24(25,26)27)32(23)22-29-17-11-6-5-10-16(17)21(31-22)28-14-15-8-3-2-4-9-15/h2-4,7-9,12-13H,5-6,10-11,14H2,1H3,(H,28,29,31).